The van der Waals surface area contributed by atoms with E-state index in [1.807, 2.05) is 39.2 Å². The molecule has 0 radical (unpaired) electrons. The number of rotatable bonds is 5. The first-order valence-electron chi connectivity index (χ1n) is 9.12. The van der Waals surface area contributed by atoms with Crippen LogP contribution in [0.5, 0.6) is 5.88 Å². The molecular formula is C22H26N4O2. The van der Waals surface area contributed by atoms with Gasteiger partial charge in [0, 0.05) is 37.1 Å². The number of fused-ring (bicyclic) bond motifs is 1. The summed E-state index contributed by atoms with van der Waals surface area (Å²) in [4.78, 5) is 23.6. The number of aromatic amines is 1. The molecule has 146 valence electrons. The fourth-order valence-electron chi connectivity index (χ4n) is 3.27. The molecule has 3 aromatic rings. The molecule has 0 aliphatic carbocycles. The first-order chi connectivity index (χ1) is 13.3. The summed E-state index contributed by atoms with van der Waals surface area (Å²) in [6.07, 6.45) is 0. The Hall–Kier alpha value is -3.12. The van der Waals surface area contributed by atoms with E-state index in [2.05, 4.69) is 16.0 Å². The first-order valence-corrected chi connectivity index (χ1v) is 9.12. The average molecular weight is 378 g/mol. The van der Waals surface area contributed by atoms with E-state index in [1.165, 1.54) is 10.5 Å². The number of nitrogens with one attached hydrogen (secondary N) is 1. The van der Waals surface area contributed by atoms with Crippen LogP contribution in [-0.2, 0) is 6.54 Å². The molecule has 6 nitrogen and oxygen atoms in total. The number of amides is 1. The lowest BCUT2D eigenvalue weighted by atomic mass is 10.1. The van der Waals surface area contributed by atoms with Crippen LogP contribution >= 0.6 is 0 Å². The summed E-state index contributed by atoms with van der Waals surface area (Å²) in [7, 11) is 7.49. The molecule has 0 bridgehead atoms. The predicted octanol–water partition coefficient (Wildman–Crippen LogP) is 3.78. The zero-order chi connectivity index (χ0) is 20.4. The molecule has 1 heterocycles. The van der Waals surface area contributed by atoms with E-state index in [4.69, 9.17) is 4.99 Å². The summed E-state index contributed by atoms with van der Waals surface area (Å²) in [6, 6.07) is 13.4. The highest BCUT2D eigenvalue weighted by Gasteiger charge is 2.17. The highest BCUT2D eigenvalue weighted by Crippen LogP contribution is 2.30. The van der Waals surface area contributed by atoms with Gasteiger partial charge in [-0.2, -0.15) is 0 Å². The maximum absolute atomic E-state index is 12.3. The van der Waals surface area contributed by atoms with Crippen LogP contribution in [0.2, 0.25) is 0 Å². The summed E-state index contributed by atoms with van der Waals surface area (Å²) in [5.41, 5.74) is 4.62. The second-order valence-electron chi connectivity index (χ2n) is 7.41. The van der Waals surface area contributed by atoms with Crippen molar-refractivity contribution in [1.82, 2.24) is 14.8 Å². The zero-order valence-electron chi connectivity index (χ0n) is 16.9. The van der Waals surface area contributed by atoms with Gasteiger partial charge < -0.3 is 19.9 Å². The topological polar surface area (TPSA) is 71.9 Å². The molecular weight excluding hydrogens is 352 g/mol. The second-order valence-corrected chi connectivity index (χ2v) is 7.41. The monoisotopic (exact) mass is 378 g/mol. The van der Waals surface area contributed by atoms with Crippen molar-refractivity contribution in [2.24, 2.45) is 4.99 Å². The molecule has 2 aromatic carbocycles. The van der Waals surface area contributed by atoms with Crippen molar-refractivity contribution >= 4 is 28.2 Å². The molecule has 0 saturated heterocycles. The largest absolute Gasteiger partial charge is 0.494 e. The van der Waals surface area contributed by atoms with Crippen molar-refractivity contribution in [3.05, 3.63) is 59.2 Å². The van der Waals surface area contributed by atoms with Crippen LogP contribution in [0.4, 0.5) is 5.69 Å². The maximum atomic E-state index is 12.3. The number of aromatic nitrogens is 1. The number of carbonyl (C=O) groups is 1. The fraction of sp³-hybridized carbons (Fsp3) is 0.273. The third-order valence-electron chi connectivity index (χ3n) is 4.50. The van der Waals surface area contributed by atoms with Crippen molar-refractivity contribution in [1.29, 1.82) is 0 Å². The third-order valence-corrected chi connectivity index (χ3v) is 4.50. The number of carbonyl (C=O) groups excluding carboxylic acids is 1. The van der Waals surface area contributed by atoms with Crippen LogP contribution in [0.25, 0.3) is 10.9 Å². The van der Waals surface area contributed by atoms with Gasteiger partial charge in [0.15, 0.2) is 5.88 Å². The van der Waals surface area contributed by atoms with E-state index < -0.39 is 0 Å². The number of hydrogen-bond donors (Lipinski definition) is 2. The van der Waals surface area contributed by atoms with Crippen LogP contribution in [0.1, 0.15) is 28.4 Å². The van der Waals surface area contributed by atoms with Crippen LogP contribution in [0.3, 0.4) is 0 Å². The normalized spacial score (nSPS) is 12.0. The first kappa shape index (κ1) is 19.6. The van der Waals surface area contributed by atoms with E-state index >= 15 is 0 Å². The van der Waals surface area contributed by atoms with E-state index in [0.29, 0.717) is 16.8 Å². The minimum Gasteiger partial charge on any atom is -0.494 e. The van der Waals surface area contributed by atoms with Crippen LogP contribution < -0.4 is 0 Å². The van der Waals surface area contributed by atoms with Crippen molar-refractivity contribution in [2.45, 2.75) is 13.5 Å². The van der Waals surface area contributed by atoms with Gasteiger partial charge in [-0.1, -0.05) is 12.1 Å². The van der Waals surface area contributed by atoms with E-state index in [-0.39, 0.29) is 11.8 Å². The van der Waals surface area contributed by atoms with Gasteiger partial charge >= 0.3 is 0 Å². The number of benzene rings is 2. The van der Waals surface area contributed by atoms with Crippen LogP contribution in [0.15, 0.2) is 47.5 Å². The van der Waals surface area contributed by atoms with Crippen LogP contribution in [0, 0.1) is 0 Å². The molecule has 3 rings (SSSR count). The van der Waals surface area contributed by atoms with Crippen LogP contribution in [-0.4, -0.2) is 59.7 Å². The van der Waals surface area contributed by atoms with Crippen molar-refractivity contribution in [2.75, 3.05) is 28.2 Å². The van der Waals surface area contributed by atoms with Gasteiger partial charge in [0.2, 0.25) is 0 Å². The molecule has 0 fully saturated rings. The molecule has 6 heteroatoms. The Morgan fingerprint density at radius 2 is 1.86 bits per heavy atom. The lowest BCUT2D eigenvalue weighted by molar-refractivity contribution is 0.0828. The van der Waals surface area contributed by atoms with E-state index in [0.717, 1.165) is 23.1 Å². The minimum absolute atomic E-state index is 0.0511. The van der Waals surface area contributed by atoms with Gasteiger partial charge in [0.1, 0.15) is 0 Å². The van der Waals surface area contributed by atoms with Gasteiger partial charge in [-0.25, -0.2) is 0 Å². The van der Waals surface area contributed by atoms with Crippen molar-refractivity contribution < 1.29 is 9.90 Å². The molecule has 0 aliphatic heterocycles. The fourth-order valence-corrected chi connectivity index (χ4v) is 3.27. The molecule has 0 aliphatic rings. The third kappa shape index (κ3) is 4.07. The average Bonchev–Trinajstić information content (AvgIpc) is 2.95. The standard InChI is InChI=1S/C22H26N4O2/c1-14(23-17-8-6-7-15(11-17)13-25(2)3)20-18-12-16(22(28)26(4)5)9-10-19(18)24-21(20)27/h6-12,24,27H,13H2,1-5H3. The van der Waals surface area contributed by atoms with Crippen molar-refractivity contribution in [3.8, 4) is 5.88 Å². The Kier molecular flexibility index (Phi) is 5.51. The number of aliphatic imine (C=N–C) groups is 1. The van der Waals surface area contributed by atoms with Gasteiger partial charge in [0.05, 0.1) is 17.0 Å². The maximum Gasteiger partial charge on any atom is 0.253 e. The number of aromatic hydroxyl groups is 1. The number of H-pyrrole nitrogens is 1. The minimum atomic E-state index is -0.0838. The van der Waals surface area contributed by atoms with Gasteiger partial charge in [-0.15, -0.1) is 0 Å². The Morgan fingerprint density at radius 3 is 2.54 bits per heavy atom. The van der Waals surface area contributed by atoms with E-state index in [9.17, 15) is 9.90 Å². The molecule has 0 saturated carbocycles. The highest BCUT2D eigenvalue weighted by molar-refractivity contribution is 6.13. The molecule has 0 atom stereocenters. The van der Waals surface area contributed by atoms with Gasteiger partial charge in [0.25, 0.3) is 5.91 Å². The SMILES string of the molecule is CC(=Nc1cccc(CN(C)C)c1)c1c(O)[nH]c2ccc(C(=O)N(C)C)cc12. The Morgan fingerprint density at radius 1 is 1.11 bits per heavy atom. The summed E-state index contributed by atoms with van der Waals surface area (Å²) < 4.78 is 0. The zero-order valence-corrected chi connectivity index (χ0v) is 16.9. The quantitative estimate of drug-likeness (QED) is 0.664. The molecule has 0 spiro atoms. The number of hydrogen-bond acceptors (Lipinski definition) is 4. The smallest absolute Gasteiger partial charge is 0.253 e. The Balaban J connectivity index is 2.04. The second kappa shape index (κ2) is 7.86. The predicted molar refractivity (Wildman–Crippen MR) is 114 cm³/mol. The molecule has 0 unspecified atom stereocenters. The van der Waals surface area contributed by atoms with Crippen molar-refractivity contribution in [3.63, 3.8) is 0 Å². The van der Waals surface area contributed by atoms with E-state index in [1.54, 1.807) is 32.3 Å². The molecule has 1 aromatic heterocycles. The molecule has 1 amide bonds. The summed E-state index contributed by atoms with van der Waals surface area (Å²) in [5, 5.41) is 11.2. The lowest BCUT2D eigenvalue weighted by Crippen LogP contribution is -2.21. The molecule has 28 heavy (non-hydrogen) atoms. The highest BCUT2D eigenvalue weighted by atomic mass is 16.3. The number of nitrogens with zero attached hydrogens (tertiary/aromatic N) is 3. The Bertz CT molecular complexity index is 1050. The van der Waals surface area contributed by atoms with Gasteiger partial charge in [-0.05, 0) is 56.9 Å². The lowest BCUT2D eigenvalue weighted by Gasteiger charge is -2.10. The molecule has 2 N–H and O–H groups in total. The van der Waals surface area contributed by atoms with Gasteiger partial charge in [-0.3, -0.25) is 9.79 Å². The Labute approximate surface area is 165 Å². The summed E-state index contributed by atoms with van der Waals surface area (Å²) in [5.74, 6) is -0.0327. The summed E-state index contributed by atoms with van der Waals surface area (Å²) >= 11 is 0. The summed E-state index contributed by atoms with van der Waals surface area (Å²) in [6.45, 7) is 2.69.